The molecular weight excluding hydrogens is 354 g/mol. The smallest absolute Gasteiger partial charge is 0.257 e. The molecule has 7 heteroatoms. The zero-order valence-corrected chi connectivity index (χ0v) is 14.0. The van der Waals surface area contributed by atoms with Gasteiger partial charge in [0, 0.05) is 13.0 Å². The third kappa shape index (κ3) is 3.23. The average molecular weight is 367 g/mol. The second-order valence-electron chi connectivity index (χ2n) is 5.37. The van der Waals surface area contributed by atoms with E-state index in [0.717, 1.165) is 12.5 Å². The van der Waals surface area contributed by atoms with Crippen molar-refractivity contribution in [2.75, 3.05) is 16.8 Å². The van der Waals surface area contributed by atoms with E-state index in [2.05, 4.69) is 5.32 Å². The number of nitrogens with zero attached hydrogens (tertiary/aromatic N) is 1. The molecule has 2 aromatic carbocycles. The number of benzene rings is 2. The van der Waals surface area contributed by atoms with Gasteiger partial charge < -0.3 is 10.2 Å². The second kappa shape index (κ2) is 6.79. The first-order chi connectivity index (χ1) is 11.5. The van der Waals surface area contributed by atoms with Gasteiger partial charge in [-0.1, -0.05) is 35.3 Å². The highest BCUT2D eigenvalue weighted by atomic mass is 35.5. The second-order valence-corrected chi connectivity index (χ2v) is 6.18. The van der Waals surface area contributed by atoms with Crippen molar-refractivity contribution in [3.8, 4) is 0 Å². The third-order valence-electron chi connectivity index (χ3n) is 3.77. The molecule has 2 aromatic rings. The van der Waals surface area contributed by atoms with Crippen LogP contribution in [-0.2, 0) is 4.79 Å². The molecule has 0 saturated carbocycles. The maximum absolute atomic E-state index is 13.6. The zero-order valence-electron chi connectivity index (χ0n) is 12.5. The summed E-state index contributed by atoms with van der Waals surface area (Å²) in [5.41, 5.74) is 1.05. The summed E-state index contributed by atoms with van der Waals surface area (Å²) in [6.45, 7) is 0.599. The van der Waals surface area contributed by atoms with Crippen molar-refractivity contribution in [2.24, 2.45) is 0 Å². The summed E-state index contributed by atoms with van der Waals surface area (Å²) in [4.78, 5) is 26.0. The molecule has 3 rings (SSSR count). The summed E-state index contributed by atoms with van der Waals surface area (Å²) in [7, 11) is 0. The van der Waals surface area contributed by atoms with Crippen molar-refractivity contribution >= 4 is 46.4 Å². The van der Waals surface area contributed by atoms with Gasteiger partial charge in [-0.3, -0.25) is 9.59 Å². The maximum atomic E-state index is 13.6. The fourth-order valence-corrected chi connectivity index (χ4v) is 3.07. The SMILES string of the molecule is O=C(Nc1ccccc1N1CCCC1=O)c1cc(F)c(Cl)cc1Cl. The van der Waals surface area contributed by atoms with Crippen molar-refractivity contribution in [3.05, 3.63) is 57.8 Å². The molecule has 0 unspecified atom stereocenters. The monoisotopic (exact) mass is 366 g/mol. The lowest BCUT2D eigenvalue weighted by molar-refractivity contribution is -0.117. The highest BCUT2D eigenvalue weighted by molar-refractivity contribution is 6.37. The van der Waals surface area contributed by atoms with E-state index in [4.69, 9.17) is 23.2 Å². The van der Waals surface area contributed by atoms with E-state index in [1.54, 1.807) is 29.2 Å². The van der Waals surface area contributed by atoms with Crippen molar-refractivity contribution in [1.29, 1.82) is 0 Å². The van der Waals surface area contributed by atoms with Gasteiger partial charge in [-0.2, -0.15) is 0 Å². The Labute approximate surface area is 148 Å². The van der Waals surface area contributed by atoms with Gasteiger partial charge in [0.05, 0.1) is 27.0 Å². The molecule has 0 radical (unpaired) electrons. The summed E-state index contributed by atoms with van der Waals surface area (Å²) < 4.78 is 13.6. The van der Waals surface area contributed by atoms with Gasteiger partial charge in [0.1, 0.15) is 5.82 Å². The first-order valence-electron chi connectivity index (χ1n) is 7.32. The summed E-state index contributed by atoms with van der Waals surface area (Å²) in [5.74, 6) is -1.30. The molecule has 1 heterocycles. The van der Waals surface area contributed by atoms with E-state index in [9.17, 15) is 14.0 Å². The quantitative estimate of drug-likeness (QED) is 0.812. The Balaban J connectivity index is 1.90. The first kappa shape index (κ1) is 16.7. The van der Waals surface area contributed by atoms with Gasteiger partial charge >= 0.3 is 0 Å². The van der Waals surface area contributed by atoms with Crippen LogP contribution in [0.3, 0.4) is 0 Å². The largest absolute Gasteiger partial charge is 0.320 e. The molecule has 2 amide bonds. The van der Waals surface area contributed by atoms with Gasteiger partial charge in [-0.15, -0.1) is 0 Å². The third-order valence-corrected chi connectivity index (χ3v) is 4.37. The lowest BCUT2D eigenvalue weighted by Crippen LogP contribution is -2.25. The molecule has 4 nitrogen and oxygen atoms in total. The van der Waals surface area contributed by atoms with Crippen LogP contribution in [0.25, 0.3) is 0 Å². The van der Waals surface area contributed by atoms with Gasteiger partial charge in [0.2, 0.25) is 5.91 Å². The van der Waals surface area contributed by atoms with E-state index in [0.29, 0.717) is 24.3 Å². The normalized spacial score (nSPS) is 14.1. The number of hydrogen-bond donors (Lipinski definition) is 1. The Morgan fingerprint density at radius 1 is 1.17 bits per heavy atom. The van der Waals surface area contributed by atoms with Crippen LogP contribution in [0.1, 0.15) is 23.2 Å². The molecule has 24 heavy (non-hydrogen) atoms. The molecule has 0 bridgehead atoms. The van der Waals surface area contributed by atoms with Gasteiger partial charge in [-0.05, 0) is 30.7 Å². The summed E-state index contributed by atoms with van der Waals surface area (Å²) >= 11 is 11.6. The Hall–Kier alpha value is -2.11. The van der Waals surface area contributed by atoms with E-state index in [1.165, 1.54) is 6.07 Å². The van der Waals surface area contributed by atoms with Gasteiger partial charge in [0.25, 0.3) is 5.91 Å². The van der Waals surface area contributed by atoms with E-state index in [1.807, 2.05) is 0 Å². The predicted molar refractivity (Wildman–Crippen MR) is 92.4 cm³/mol. The Morgan fingerprint density at radius 2 is 1.92 bits per heavy atom. The predicted octanol–water partition coefficient (Wildman–Crippen LogP) is 4.51. The van der Waals surface area contributed by atoms with Crippen LogP contribution in [0.5, 0.6) is 0 Å². The topological polar surface area (TPSA) is 49.4 Å². The molecule has 1 saturated heterocycles. The Morgan fingerprint density at radius 3 is 2.62 bits per heavy atom. The molecule has 1 aliphatic rings. The first-order valence-corrected chi connectivity index (χ1v) is 8.08. The molecule has 0 atom stereocenters. The molecule has 0 aliphatic carbocycles. The minimum Gasteiger partial charge on any atom is -0.320 e. The molecular formula is C17H13Cl2FN2O2. The highest BCUT2D eigenvalue weighted by Gasteiger charge is 2.24. The van der Waals surface area contributed by atoms with Crippen LogP contribution in [0.15, 0.2) is 36.4 Å². The minimum atomic E-state index is -0.728. The van der Waals surface area contributed by atoms with Crippen LogP contribution < -0.4 is 10.2 Å². The fourth-order valence-electron chi connectivity index (χ4n) is 2.60. The number of hydrogen-bond acceptors (Lipinski definition) is 2. The van der Waals surface area contributed by atoms with Gasteiger partial charge in [0.15, 0.2) is 0 Å². The van der Waals surface area contributed by atoms with E-state index >= 15 is 0 Å². The number of rotatable bonds is 3. The molecule has 0 aromatic heterocycles. The Kier molecular flexibility index (Phi) is 4.73. The number of carbonyl (C=O) groups is 2. The number of halogens is 3. The van der Waals surface area contributed by atoms with Crippen LogP contribution in [-0.4, -0.2) is 18.4 Å². The Bertz CT molecular complexity index is 826. The zero-order chi connectivity index (χ0) is 17.3. The van der Waals surface area contributed by atoms with E-state index < -0.39 is 11.7 Å². The number of nitrogens with one attached hydrogen (secondary N) is 1. The lowest BCUT2D eigenvalue weighted by atomic mass is 10.2. The van der Waals surface area contributed by atoms with Crippen LogP contribution in [0.2, 0.25) is 10.0 Å². The lowest BCUT2D eigenvalue weighted by Gasteiger charge is -2.20. The molecule has 1 aliphatic heterocycles. The molecule has 124 valence electrons. The average Bonchev–Trinajstić information content (AvgIpc) is 2.97. The summed E-state index contributed by atoms with van der Waals surface area (Å²) in [5, 5.41) is 2.58. The fraction of sp³-hybridized carbons (Fsp3) is 0.176. The number of carbonyl (C=O) groups excluding carboxylic acids is 2. The number of anilines is 2. The van der Waals surface area contributed by atoms with Crippen LogP contribution >= 0.6 is 23.2 Å². The van der Waals surface area contributed by atoms with Crippen LogP contribution in [0.4, 0.5) is 15.8 Å². The molecule has 0 spiro atoms. The molecule has 1 N–H and O–H groups in total. The maximum Gasteiger partial charge on any atom is 0.257 e. The van der Waals surface area contributed by atoms with E-state index in [-0.39, 0.29) is 21.5 Å². The number of amides is 2. The van der Waals surface area contributed by atoms with Crippen LogP contribution in [0, 0.1) is 5.82 Å². The van der Waals surface area contributed by atoms with Crippen molar-refractivity contribution in [3.63, 3.8) is 0 Å². The number of para-hydroxylation sites is 2. The summed E-state index contributed by atoms with van der Waals surface area (Å²) in [6.07, 6.45) is 1.26. The minimum absolute atomic E-state index is 0.00673. The summed E-state index contributed by atoms with van der Waals surface area (Å²) in [6, 6.07) is 9.13. The van der Waals surface area contributed by atoms with Crippen molar-refractivity contribution in [1.82, 2.24) is 0 Å². The van der Waals surface area contributed by atoms with Crippen molar-refractivity contribution in [2.45, 2.75) is 12.8 Å². The van der Waals surface area contributed by atoms with Gasteiger partial charge in [-0.25, -0.2) is 4.39 Å². The molecule has 1 fully saturated rings. The standard InChI is InChI=1S/C17H13Cl2FN2O2/c18-11-9-12(19)13(20)8-10(11)17(24)21-14-4-1-2-5-15(14)22-7-3-6-16(22)23/h1-2,4-5,8-9H,3,6-7H2,(H,21,24). The highest BCUT2D eigenvalue weighted by Crippen LogP contribution is 2.31. The van der Waals surface area contributed by atoms with Crippen molar-refractivity contribution < 1.29 is 14.0 Å².